The van der Waals surface area contributed by atoms with Crippen LogP contribution in [0.5, 0.6) is 11.5 Å². The predicted octanol–water partition coefficient (Wildman–Crippen LogP) is 0.650. The molecule has 0 saturated heterocycles. The summed E-state index contributed by atoms with van der Waals surface area (Å²) in [5, 5.41) is 14.9. The summed E-state index contributed by atoms with van der Waals surface area (Å²) < 4.78 is 10.8. The van der Waals surface area contributed by atoms with Crippen LogP contribution in [-0.2, 0) is 14.4 Å². The van der Waals surface area contributed by atoms with E-state index in [0.717, 1.165) is 12.8 Å². The Bertz CT molecular complexity index is 717. The number of ether oxygens (including phenoxy) is 2. The van der Waals surface area contributed by atoms with Gasteiger partial charge in [0.05, 0.1) is 17.8 Å². The van der Waals surface area contributed by atoms with Crippen LogP contribution < -0.4 is 20.2 Å². The predicted molar refractivity (Wildman–Crippen MR) is 90.7 cm³/mol. The Kier molecular flexibility index (Phi) is 6.34. The second kappa shape index (κ2) is 8.47. The van der Waals surface area contributed by atoms with Crippen molar-refractivity contribution in [2.24, 2.45) is 5.10 Å². The maximum Gasteiger partial charge on any atom is 0.341 e. The first kappa shape index (κ1) is 18.7. The van der Waals surface area contributed by atoms with Gasteiger partial charge in [0.1, 0.15) is 0 Å². The van der Waals surface area contributed by atoms with Gasteiger partial charge in [0.25, 0.3) is 0 Å². The average Bonchev–Trinajstić information content (AvgIpc) is 3.36. The lowest BCUT2D eigenvalue weighted by Gasteiger charge is -2.12. The first-order valence-corrected chi connectivity index (χ1v) is 8.06. The Morgan fingerprint density at radius 1 is 1.36 bits per heavy atom. The minimum absolute atomic E-state index is 0.0841. The number of rotatable bonds is 7. The lowest BCUT2D eigenvalue weighted by atomic mass is 10.2. The van der Waals surface area contributed by atoms with Crippen LogP contribution in [0.3, 0.4) is 0 Å². The number of carbonyl (C=O) groups excluding carboxylic acids is 2. The lowest BCUT2D eigenvalue weighted by molar-refractivity contribution is -0.139. The fraction of sp³-hybridized carbons (Fsp3) is 0.333. The van der Waals surface area contributed by atoms with E-state index in [1.807, 2.05) is 0 Å². The fourth-order valence-corrected chi connectivity index (χ4v) is 2.36. The van der Waals surface area contributed by atoms with Crippen molar-refractivity contribution < 1.29 is 29.0 Å². The smallest absolute Gasteiger partial charge is 0.341 e. The van der Waals surface area contributed by atoms with E-state index in [0.29, 0.717) is 10.0 Å². The maximum absolute atomic E-state index is 11.5. The van der Waals surface area contributed by atoms with Crippen molar-refractivity contribution in [3.05, 3.63) is 22.2 Å². The maximum atomic E-state index is 11.5. The Morgan fingerprint density at radius 2 is 2.08 bits per heavy atom. The van der Waals surface area contributed by atoms with Crippen LogP contribution in [0.1, 0.15) is 18.4 Å². The first-order valence-electron chi connectivity index (χ1n) is 7.26. The molecule has 1 saturated carbocycles. The number of benzene rings is 1. The number of nitrogens with zero attached hydrogens (tertiary/aromatic N) is 1. The molecule has 2 rings (SSSR count). The molecule has 0 heterocycles. The Labute approximate surface area is 151 Å². The van der Waals surface area contributed by atoms with Crippen LogP contribution in [0, 0.1) is 0 Å². The van der Waals surface area contributed by atoms with E-state index < -0.39 is 24.4 Å². The molecular weight excluding hydrogens is 398 g/mol. The van der Waals surface area contributed by atoms with Crippen molar-refractivity contribution in [2.45, 2.75) is 18.9 Å². The number of carbonyl (C=O) groups is 3. The quantitative estimate of drug-likeness (QED) is 0.342. The van der Waals surface area contributed by atoms with E-state index in [1.165, 1.54) is 13.3 Å². The molecule has 0 unspecified atom stereocenters. The van der Waals surface area contributed by atoms with E-state index >= 15 is 0 Å². The van der Waals surface area contributed by atoms with E-state index in [9.17, 15) is 14.4 Å². The van der Waals surface area contributed by atoms with Crippen LogP contribution in [-0.4, -0.2) is 48.9 Å². The monoisotopic (exact) mass is 413 g/mol. The Hall–Kier alpha value is -2.62. The Morgan fingerprint density at radius 3 is 2.68 bits per heavy atom. The largest absolute Gasteiger partial charge is 0.493 e. The number of methoxy groups -OCH3 is 1. The summed E-state index contributed by atoms with van der Waals surface area (Å²) >= 11 is 3.26. The molecule has 3 N–H and O–H groups in total. The summed E-state index contributed by atoms with van der Waals surface area (Å²) in [5.74, 6) is -2.18. The molecule has 9 nitrogen and oxygen atoms in total. The molecule has 0 aliphatic heterocycles. The minimum atomic E-state index is -1.12. The number of carboxylic acid groups (broad SMARTS) is 1. The van der Waals surface area contributed by atoms with E-state index in [-0.39, 0.29) is 17.5 Å². The summed E-state index contributed by atoms with van der Waals surface area (Å²) in [5.41, 5.74) is 2.67. The number of nitrogens with one attached hydrogen (secondary N) is 2. The van der Waals surface area contributed by atoms with Crippen molar-refractivity contribution in [1.82, 2.24) is 10.7 Å². The lowest BCUT2D eigenvalue weighted by Crippen LogP contribution is -2.38. The van der Waals surface area contributed by atoms with Crippen LogP contribution in [0.4, 0.5) is 0 Å². The van der Waals surface area contributed by atoms with Gasteiger partial charge in [-0.25, -0.2) is 10.2 Å². The van der Waals surface area contributed by atoms with Crippen LogP contribution in [0.2, 0.25) is 0 Å². The zero-order valence-corrected chi connectivity index (χ0v) is 14.8. The number of hydrazone groups is 1. The van der Waals surface area contributed by atoms with Crippen molar-refractivity contribution in [2.75, 3.05) is 13.7 Å². The average molecular weight is 414 g/mol. The van der Waals surface area contributed by atoms with Crippen molar-refractivity contribution >= 4 is 39.9 Å². The van der Waals surface area contributed by atoms with Gasteiger partial charge in [-0.1, -0.05) is 0 Å². The molecule has 0 aromatic heterocycles. The molecular formula is C15H16BrN3O6. The van der Waals surface area contributed by atoms with Gasteiger partial charge in [0, 0.05) is 6.04 Å². The van der Waals surface area contributed by atoms with Gasteiger partial charge in [-0.2, -0.15) is 5.10 Å². The van der Waals surface area contributed by atoms with Gasteiger partial charge in [0.15, 0.2) is 18.1 Å². The highest BCUT2D eigenvalue weighted by Gasteiger charge is 2.26. The van der Waals surface area contributed by atoms with Gasteiger partial charge in [-0.05, 0) is 46.5 Å². The number of hydrogen-bond donors (Lipinski definition) is 3. The topological polar surface area (TPSA) is 126 Å². The fourth-order valence-electron chi connectivity index (χ4n) is 1.78. The van der Waals surface area contributed by atoms with Gasteiger partial charge in [-0.15, -0.1) is 0 Å². The highest BCUT2D eigenvalue weighted by atomic mass is 79.9. The molecule has 2 amide bonds. The molecule has 1 aliphatic carbocycles. The SMILES string of the molecule is COc1cc(/C=N\NC(=O)C(=O)NC2CC2)cc(Br)c1OCC(=O)O. The van der Waals surface area contributed by atoms with Gasteiger partial charge in [-0.3, -0.25) is 9.59 Å². The highest BCUT2D eigenvalue weighted by molar-refractivity contribution is 9.10. The van der Waals surface area contributed by atoms with Crippen molar-refractivity contribution in [3.63, 3.8) is 0 Å². The highest BCUT2D eigenvalue weighted by Crippen LogP contribution is 2.36. The number of aliphatic carboxylic acids is 1. The third-order valence-electron chi connectivity index (χ3n) is 3.09. The number of amides is 2. The van der Waals surface area contributed by atoms with Crippen molar-refractivity contribution in [3.8, 4) is 11.5 Å². The number of carboxylic acids is 1. The van der Waals surface area contributed by atoms with E-state index in [4.69, 9.17) is 14.6 Å². The second-order valence-corrected chi connectivity index (χ2v) is 6.02. The molecule has 1 aromatic carbocycles. The first-order chi connectivity index (χ1) is 11.9. The molecule has 134 valence electrons. The summed E-state index contributed by atoms with van der Waals surface area (Å²) in [7, 11) is 1.40. The van der Waals surface area contributed by atoms with Gasteiger partial charge < -0.3 is 19.9 Å². The third kappa shape index (κ3) is 5.75. The summed E-state index contributed by atoms with van der Waals surface area (Å²) in [6.07, 6.45) is 3.08. The van der Waals surface area contributed by atoms with E-state index in [2.05, 4.69) is 31.8 Å². The second-order valence-electron chi connectivity index (χ2n) is 5.16. The molecule has 0 atom stereocenters. The molecule has 0 radical (unpaired) electrons. The Balaban J connectivity index is 2.00. The zero-order chi connectivity index (χ0) is 18.4. The van der Waals surface area contributed by atoms with Crippen LogP contribution >= 0.6 is 15.9 Å². The minimum Gasteiger partial charge on any atom is -0.493 e. The molecule has 1 aliphatic rings. The van der Waals surface area contributed by atoms with Crippen molar-refractivity contribution in [1.29, 1.82) is 0 Å². The number of hydrogen-bond acceptors (Lipinski definition) is 6. The summed E-state index contributed by atoms with van der Waals surface area (Å²) in [6, 6.07) is 3.22. The zero-order valence-electron chi connectivity index (χ0n) is 13.2. The van der Waals surface area contributed by atoms with E-state index in [1.54, 1.807) is 12.1 Å². The molecule has 0 spiro atoms. The summed E-state index contributed by atoms with van der Waals surface area (Å²) in [6.45, 7) is -0.519. The van der Waals surface area contributed by atoms with Crippen LogP contribution in [0.15, 0.2) is 21.7 Å². The van der Waals surface area contributed by atoms with Gasteiger partial charge >= 0.3 is 17.8 Å². The molecule has 25 heavy (non-hydrogen) atoms. The number of halogens is 1. The summed E-state index contributed by atoms with van der Waals surface area (Å²) in [4.78, 5) is 33.6. The van der Waals surface area contributed by atoms with Gasteiger partial charge in [0.2, 0.25) is 0 Å². The molecule has 10 heteroatoms. The molecule has 1 fully saturated rings. The molecule has 0 bridgehead atoms. The van der Waals surface area contributed by atoms with Crippen LogP contribution in [0.25, 0.3) is 0 Å². The normalized spacial score (nSPS) is 13.4. The standard InChI is InChI=1S/C15H16BrN3O6/c1-24-11-5-8(4-10(16)13(11)25-7-12(20)21)6-17-19-15(23)14(22)18-9-2-3-9/h4-6,9H,2-3,7H2,1H3,(H,18,22)(H,19,23)(H,20,21)/b17-6-. The molecule has 1 aromatic rings. The third-order valence-corrected chi connectivity index (χ3v) is 3.68.